The van der Waals surface area contributed by atoms with Gasteiger partial charge in [0, 0.05) is 12.5 Å². The van der Waals surface area contributed by atoms with Crippen molar-refractivity contribution in [3.05, 3.63) is 71.8 Å². The smallest absolute Gasteiger partial charge is 0.410 e. The van der Waals surface area contributed by atoms with Crippen molar-refractivity contribution < 1.29 is 23.9 Å². The molecule has 1 saturated heterocycles. The van der Waals surface area contributed by atoms with E-state index in [0.717, 1.165) is 24.0 Å². The molecule has 2 amide bonds. The highest BCUT2D eigenvalue weighted by atomic mass is 16.6. The van der Waals surface area contributed by atoms with Gasteiger partial charge in [-0.1, -0.05) is 74.0 Å². The molecule has 1 fully saturated rings. The van der Waals surface area contributed by atoms with Crippen LogP contribution < -0.4 is 5.32 Å². The molecular weight excluding hydrogens is 456 g/mol. The number of carbonyl (C=O) groups excluding carboxylic acids is 3. The van der Waals surface area contributed by atoms with Crippen LogP contribution in [0.1, 0.15) is 70.4 Å². The van der Waals surface area contributed by atoms with Crippen molar-refractivity contribution >= 4 is 18.0 Å². The molecular formula is C29H38N2O5. The quantitative estimate of drug-likeness (QED) is 0.390. The van der Waals surface area contributed by atoms with Crippen LogP contribution in [0.3, 0.4) is 0 Å². The zero-order valence-corrected chi connectivity index (χ0v) is 21.7. The molecule has 7 nitrogen and oxygen atoms in total. The monoisotopic (exact) mass is 494 g/mol. The van der Waals surface area contributed by atoms with E-state index in [1.54, 1.807) is 20.8 Å². The molecule has 0 radical (unpaired) electrons. The lowest BCUT2D eigenvalue weighted by molar-refractivity contribution is -0.148. The van der Waals surface area contributed by atoms with Crippen molar-refractivity contribution in [3.8, 4) is 0 Å². The van der Waals surface area contributed by atoms with Crippen LogP contribution in [0.15, 0.2) is 60.7 Å². The summed E-state index contributed by atoms with van der Waals surface area (Å²) in [7, 11) is 0. The fourth-order valence-electron chi connectivity index (χ4n) is 4.41. The minimum Gasteiger partial charge on any atom is -0.464 e. The van der Waals surface area contributed by atoms with Gasteiger partial charge in [0.25, 0.3) is 0 Å². The molecule has 0 spiro atoms. The molecule has 36 heavy (non-hydrogen) atoms. The lowest BCUT2D eigenvalue weighted by Gasteiger charge is -2.31. The maximum atomic E-state index is 13.6. The summed E-state index contributed by atoms with van der Waals surface area (Å²) in [5.74, 6) is -1.33. The summed E-state index contributed by atoms with van der Waals surface area (Å²) in [6, 6.07) is 17.6. The zero-order chi connectivity index (χ0) is 26.1. The summed E-state index contributed by atoms with van der Waals surface area (Å²) < 4.78 is 11.1. The number of hydrogen-bond acceptors (Lipinski definition) is 5. The third-order valence-electron chi connectivity index (χ3n) is 6.13. The molecule has 1 heterocycles. The molecule has 194 valence electrons. The first-order valence-electron chi connectivity index (χ1n) is 12.8. The van der Waals surface area contributed by atoms with Crippen molar-refractivity contribution in [2.45, 2.75) is 77.0 Å². The molecule has 0 bridgehead atoms. The fraction of sp³-hybridized carbons (Fsp3) is 0.483. The highest BCUT2D eigenvalue weighted by molar-refractivity contribution is 5.91. The number of nitrogens with zero attached hydrogens (tertiary/aromatic N) is 1. The van der Waals surface area contributed by atoms with E-state index in [-0.39, 0.29) is 12.5 Å². The SMILES string of the molecule is CCCCOC(=O)[C@@H](NC(=O)[C@@H]1CCCN1C(=O)OC(C)(C)C)C(c1ccccc1)c1ccccc1. The molecule has 0 unspecified atom stereocenters. The maximum Gasteiger partial charge on any atom is 0.410 e. The molecule has 0 saturated carbocycles. The van der Waals surface area contributed by atoms with Crippen LogP contribution in [0.4, 0.5) is 4.79 Å². The summed E-state index contributed by atoms with van der Waals surface area (Å²) >= 11 is 0. The Morgan fingerprint density at radius 3 is 2.11 bits per heavy atom. The largest absolute Gasteiger partial charge is 0.464 e. The summed E-state index contributed by atoms with van der Waals surface area (Å²) in [6.45, 7) is 8.12. The molecule has 2 aromatic carbocycles. The van der Waals surface area contributed by atoms with Gasteiger partial charge in [-0.25, -0.2) is 9.59 Å². The highest BCUT2D eigenvalue weighted by Crippen LogP contribution is 2.30. The molecule has 1 aliphatic rings. The van der Waals surface area contributed by atoms with E-state index >= 15 is 0 Å². The van der Waals surface area contributed by atoms with Crippen LogP contribution in [0.25, 0.3) is 0 Å². The number of likely N-dealkylation sites (tertiary alicyclic amines) is 1. The average molecular weight is 495 g/mol. The van der Waals surface area contributed by atoms with E-state index in [1.807, 2.05) is 67.6 Å². The lowest BCUT2D eigenvalue weighted by Crippen LogP contribution is -2.53. The predicted molar refractivity (Wildman–Crippen MR) is 138 cm³/mol. The van der Waals surface area contributed by atoms with Crippen molar-refractivity contribution in [1.29, 1.82) is 0 Å². The Kier molecular flexibility index (Phi) is 9.51. The summed E-state index contributed by atoms with van der Waals surface area (Å²) in [5, 5.41) is 2.97. The minimum atomic E-state index is -0.958. The number of nitrogens with one attached hydrogen (secondary N) is 1. The molecule has 7 heteroatoms. The minimum absolute atomic E-state index is 0.283. The van der Waals surface area contributed by atoms with Crippen LogP contribution in [0, 0.1) is 0 Å². The summed E-state index contributed by atoms with van der Waals surface area (Å²) in [5.41, 5.74) is 1.10. The second-order valence-electron chi connectivity index (χ2n) is 10.1. The van der Waals surface area contributed by atoms with Crippen LogP contribution >= 0.6 is 0 Å². The number of unbranched alkanes of at least 4 members (excludes halogenated alkanes) is 1. The standard InChI is InChI=1S/C29H38N2O5/c1-5-6-20-35-27(33)25(24(21-14-9-7-10-15-21)22-16-11-8-12-17-22)30-26(32)23-18-13-19-31(23)28(34)36-29(2,3)4/h7-12,14-17,23-25H,5-6,13,18-20H2,1-4H3,(H,30,32)/t23-,25-/m0/s1. The average Bonchev–Trinajstić information content (AvgIpc) is 3.34. The first-order valence-corrected chi connectivity index (χ1v) is 12.8. The van der Waals surface area contributed by atoms with E-state index in [2.05, 4.69) is 5.32 Å². The zero-order valence-electron chi connectivity index (χ0n) is 21.7. The van der Waals surface area contributed by atoms with Gasteiger partial charge in [0.2, 0.25) is 5.91 Å². The topological polar surface area (TPSA) is 84.9 Å². The molecule has 1 N–H and O–H groups in total. The van der Waals surface area contributed by atoms with Crippen molar-refractivity contribution in [3.63, 3.8) is 0 Å². The maximum absolute atomic E-state index is 13.6. The molecule has 3 rings (SSSR count). The van der Waals surface area contributed by atoms with Crippen LogP contribution in [0.5, 0.6) is 0 Å². The van der Waals surface area contributed by atoms with Crippen molar-refractivity contribution in [1.82, 2.24) is 10.2 Å². The van der Waals surface area contributed by atoms with E-state index in [4.69, 9.17) is 9.47 Å². The Morgan fingerprint density at radius 2 is 1.58 bits per heavy atom. The van der Waals surface area contributed by atoms with Gasteiger partial charge in [-0.2, -0.15) is 0 Å². The molecule has 0 aliphatic carbocycles. The number of carbonyl (C=O) groups is 3. The van der Waals surface area contributed by atoms with E-state index in [9.17, 15) is 14.4 Å². The van der Waals surface area contributed by atoms with E-state index in [1.165, 1.54) is 4.90 Å². The fourth-order valence-corrected chi connectivity index (χ4v) is 4.41. The van der Waals surface area contributed by atoms with Gasteiger partial charge in [0.05, 0.1) is 6.61 Å². The Bertz CT molecular complexity index is 964. The van der Waals surface area contributed by atoms with Gasteiger partial charge in [0.1, 0.15) is 17.7 Å². The molecule has 0 aromatic heterocycles. The Hall–Kier alpha value is -3.35. The number of rotatable bonds is 9. The Morgan fingerprint density at radius 1 is 1.00 bits per heavy atom. The summed E-state index contributed by atoms with van der Waals surface area (Å²) in [4.78, 5) is 41.2. The third-order valence-corrected chi connectivity index (χ3v) is 6.13. The number of amides is 2. The van der Waals surface area contributed by atoms with Crippen LogP contribution in [-0.2, 0) is 19.1 Å². The highest BCUT2D eigenvalue weighted by Gasteiger charge is 2.40. The van der Waals surface area contributed by atoms with Gasteiger partial charge < -0.3 is 14.8 Å². The first kappa shape index (κ1) is 27.2. The van der Waals surface area contributed by atoms with Gasteiger partial charge in [0.15, 0.2) is 0 Å². The van der Waals surface area contributed by atoms with Gasteiger partial charge in [-0.15, -0.1) is 0 Å². The normalized spacial score (nSPS) is 16.5. The van der Waals surface area contributed by atoms with Crippen LogP contribution in [-0.4, -0.2) is 53.7 Å². The second-order valence-corrected chi connectivity index (χ2v) is 10.1. The van der Waals surface area contributed by atoms with Crippen molar-refractivity contribution in [2.24, 2.45) is 0 Å². The number of ether oxygens (including phenoxy) is 2. The van der Waals surface area contributed by atoms with E-state index in [0.29, 0.717) is 19.4 Å². The third kappa shape index (κ3) is 7.33. The summed E-state index contributed by atoms with van der Waals surface area (Å²) in [6.07, 6.45) is 2.29. The van der Waals surface area contributed by atoms with Crippen LogP contribution in [0.2, 0.25) is 0 Å². The number of esters is 1. The van der Waals surface area contributed by atoms with Gasteiger partial charge >= 0.3 is 12.1 Å². The molecule has 1 aliphatic heterocycles. The van der Waals surface area contributed by atoms with Gasteiger partial charge in [-0.3, -0.25) is 9.69 Å². The Balaban J connectivity index is 1.91. The second kappa shape index (κ2) is 12.6. The van der Waals surface area contributed by atoms with Crippen molar-refractivity contribution in [2.75, 3.05) is 13.2 Å². The first-order chi connectivity index (χ1) is 17.2. The van der Waals surface area contributed by atoms with E-state index < -0.39 is 35.7 Å². The van der Waals surface area contributed by atoms with Gasteiger partial charge in [-0.05, 0) is 51.2 Å². The number of hydrogen-bond donors (Lipinski definition) is 1. The predicted octanol–water partition coefficient (Wildman–Crippen LogP) is 5.05. The molecule has 2 aromatic rings. The molecule has 2 atom stereocenters. The Labute approximate surface area is 214 Å². The lowest BCUT2D eigenvalue weighted by atomic mass is 9.84. The number of benzene rings is 2.